The second-order valence-electron chi connectivity index (χ2n) is 8.52. The number of thiazole rings is 1. The van der Waals surface area contributed by atoms with Crippen LogP contribution in [0.15, 0.2) is 54.9 Å². The summed E-state index contributed by atoms with van der Waals surface area (Å²) in [6.45, 7) is 1.98. The Morgan fingerprint density at radius 1 is 1.17 bits per heavy atom. The molecule has 5 rings (SSSR count). The maximum atomic E-state index is 11.7. The number of nitrogens with zero attached hydrogens (tertiary/aromatic N) is 3. The lowest BCUT2D eigenvalue weighted by atomic mass is 9.79. The van der Waals surface area contributed by atoms with Gasteiger partial charge in [-0.2, -0.15) is 0 Å². The number of pyridine rings is 2. The molecule has 1 unspecified atom stereocenters. The van der Waals surface area contributed by atoms with Gasteiger partial charge in [-0.25, -0.2) is 15.0 Å². The molecule has 2 N–H and O–H groups in total. The van der Waals surface area contributed by atoms with E-state index in [1.807, 2.05) is 19.1 Å². The third kappa shape index (κ3) is 4.48. The van der Waals surface area contributed by atoms with Gasteiger partial charge in [0.2, 0.25) is 0 Å². The summed E-state index contributed by atoms with van der Waals surface area (Å²) in [6, 6.07) is 12.2. The fourth-order valence-corrected chi connectivity index (χ4v) is 5.41. The molecule has 35 heavy (non-hydrogen) atoms. The van der Waals surface area contributed by atoms with E-state index in [-0.39, 0.29) is 5.56 Å². The molecule has 0 aliphatic heterocycles. The van der Waals surface area contributed by atoms with Crippen LogP contribution in [0.4, 0.5) is 11.6 Å². The van der Waals surface area contributed by atoms with Gasteiger partial charge in [0, 0.05) is 18.5 Å². The number of carboxylic acid groups (broad SMARTS) is 1. The Hall–Kier alpha value is -3.82. The summed E-state index contributed by atoms with van der Waals surface area (Å²) in [4.78, 5) is 25.7. The standard InChI is InChI=1S/C26H24N4O4S/c1-15-10-20(29-23(11-15)30-22-13-18(34-2)7-9-27-22)21-14-28-25(35-21)26(33)8-3-4-16-12-17(24(31)32)5-6-19(16)26/h5-7,9-14,33H,3-4,8H2,1-2H3,(H,31,32)(H,27,29,30)/p-1. The van der Waals surface area contributed by atoms with Gasteiger partial charge < -0.3 is 25.1 Å². The molecule has 0 amide bonds. The van der Waals surface area contributed by atoms with Gasteiger partial charge >= 0.3 is 0 Å². The summed E-state index contributed by atoms with van der Waals surface area (Å²) < 4.78 is 5.26. The van der Waals surface area contributed by atoms with Crippen LogP contribution in [0, 0.1) is 6.92 Å². The first-order valence-corrected chi connectivity index (χ1v) is 12.0. The number of benzene rings is 1. The van der Waals surface area contributed by atoms with Crippen LogP contribution in [0.1, 0.15) is 44.9 Å². The van der Waals surface area contributed by atoms with Crippen molar-refractivity contribution in [3.05, 3.63) is 82.1 Å². The molecule has 0 bridgehead atoms. The van der Waals surface area contributed by atoms with Crippen molar-refractivity contribution in [2.75, 3.05) is 12.4 Å². The van der Waals surface area contributed by atoms with Crippen LogP contribution in [0.5, 0.6) is 5.75 Å². The minimum Gasteiger partial charge on any atom is -0.545 e. The minimum absolute atomic E-state index is 0.113. The molecule has 4 aromatic rings. The van der Waals surface area contributed by atoms with E-state index in [2.05, 4.69) is 15.3 Å². The van der Waals surface area contributed by atoms with Crippen molar-refractivity contribution in [1.82, 2.24) is 15.0 Å². The largest absolute Gasteiger partial charge is 0.545 e. The van der Waals surface area contributed by atoms with E-state index >= 15 is 0 Å². The third-order valence-electron chi connectivity index (χ3n) is 6.08. The Balaban J connectivity index is 1.47. The molecule has 0 saturated heterocycles. The van der Waals surface area contributed by atoms with Gasteiger partial charge in [0.1, 0.15) is 28.0 Å². The molecule has 9 heteroatoms. The molecule has 8 nitrogen and oxygen atoms in total. The van der Waals surface area contributed by atoms with Crippen molar-refractivity contribution in [3.63, 3.8) is 0 Å². The van der Waals surface area contributed by atoms with E-state index in [0.717, 1.165) is 28.1 Å². The second kappa shape index (κ2) is 9.09. The molecule has 1 aliphatic rings. The lowest BCUT2D eigenvalue weighted by Gasteiger charge is -2.33. The SMILES string of the molecule is COc1ccnc(Nc2cc(C)cc(-c3cnc(C4(O)CCCc5cc(C(=O)[O-])ccc54)s3)n2)c1. The van der Waals surface area contributed by atoms with Crippen molar-refractivity contribution in [2.45, 2.75) is 31.8 Å². The van der Waals surface area contributed by atoms with Crippen LogP contribution in [0.2, 0.25) is 0 Å². The Morgan fingerprint density at radius 2 is 2.03 bits per heavy atom. The Bertz CT molecular complexity index is 1420. The first kappa shape index (κ1) is 22.9. The molecular formula is C26H23N4O4S-. The van der Waals surface area contributed by atoms with Crippen LogP contribution in [0.25, 0.3) is 10.6 Å². The Kier molecular flexibility index (Phi) is 5.96. The number of aromatic carboxylic acids is 1. The zero-order valence-corrected chi connectivity index (χ0v) is 20.1. The summed E-state index contributed by atoms with van der Waals surface area (Å²) in [7, 11) is 1.60. The molecule has 0 spiro atoms. The van der Waals surface area contributed by atoms with Gasteiger partial charge in [-0.3, -0.25) is 0 Å². The molecule has 3 aromatic heterocycles. The summed E-state index contributed by atoms with van der Waals surface area (Å²) in [5.41, 5.74) is 2.07. The highest BCUT2D eigenvalue weighted by Crippen LogP contribution is 2.43. The first-order chi connectivity index (χ1) is 16.9. The van der Waals surface area contributed by atoms with Gasteiger partial charge in [-0.15, -0.1) is 11.3 Å². The number of anilines is 2. The van der Waals surface area contributed by atoms with Crippen molar-refractivity contribution in [2.24, 2.45) is 0 Å². The molecular weight excluding hydrogens is 464 g/mol. The molecule has 178 valence electrons. The van der Waals surface area contributed by atoms with Gasteiger partial charge in [0.25, 0.3) is 0 Å². The van der Waals surface area contributed by atoms with Crippen molar-refractivity contribution >= 4 is 28.9 Å². The molecule has 3 heterocycles. The number of hydrogen-bond acceptors (Lipinski definition) is 9. The number of ether oxygens (including phenoxy) is 1. The third-order valence-corrected chi connectivity index (χ3v) is 7.25. The summed E-state index contributed by atoms with van der Waals surface area (Å²) in [6.07, 6.45) is 5.30. The smallest absolute Gasteiger partial charge is 0.141 e. The fourth-order valence-electron chi connectivity index (χ4n) is 4.40. The number of fused-ring (bicyclic) bond motifs is 1. The van der Waals surface area contributed by atoms with E-state index in [4.69, 9.17) is 9.72 Å². The monoisotopic (exact) mass is 487 g/mol. The highest BCUT2D eigenvalue weighted by molar-refractivity contribution is 7.15. The number of aliphatic hydroxyl groups is 1. The quantitative estimate of drug-likeness (QED) is 0.423. The number of methoxy groups -OCH3 is 1. The van der Waals surface area contributed by atoms with E-state index < -0.39 is 11.6 Å². The number of hydrogen-bond donors (Lipinski definition) is 2. The van der Waals surface area contributed by atoms with Gasteiger partial charge in [-0.05, 0) is 72.7 Å². The predicted octanol–water partition coefficient (Wildman–Crippen LogP) is 3.60. The van der Waals surface area contributed by atoms with Crippen molar-refractivity contribution in [3.8, 4) is 16.3 Å². The number of aromatic nitrogens is 3. The van der Waals surface area contributed by atoms with Crippen LogP contribution < -0.4 is 15.2 Å². The average molecular weight is 488 g/mol. The second-order valence-corrected chi connectivity index (χ2v) is 9.55. The van der Waals surface area contributed by atoms with E-state index in [0.29, 0.717) is 40.8 Å². The number of carboxylic acids is 1. The topological polar surface area (TPSA) is 120 Å². The van der Waals surface area contributed by atoms with Crippen LogP contribution >= 0.6 is 11.3 Å². The highest BCUT2D eigenvalue weighted by atomic mass is 32.1. The van der Waals surface area contributed by atoms with Crippen molar-refractivity contribution in [1.29, 1.82) is 0 Å². The van der Waals surface area contributed by atoms with Crippen molar-refractivity contribution < 1.29 is 19.7 Å². The molecule has 0 saturated carbocycles. The molecule has 0 fully saturated rings. The lowest BCUT2D eigenvalue weighted by Crippen LogP contribution is -2.32. The van der Waals surface area contributed by atoms with Gasteiger partial charge in [-0.1, -0.05) is 12.1 Å². The highest BCUT2D eigenvalue weighted by Gasteiger charge is 2.39. The van der Waals surface area contributed by atoms with Crippen LogP contribution in [-0.2, 0) is 12.0 Å². The Labute approximate surface area is 206 Å². The molecule has 0 radical (unpaired) electrons. The van der Waals surface area contributed by atoms with E-state index in [1.165, 1.54) is 17.4 Å². The minimum atomic E-state index is -1.28. The number of rotatable bonds is 6. The summed E-state index contributed by atoms with van der Waals surface area (Å²) in [5, 5.41) is 26.7. The van der Waals surface area contributed by atoms with Gasteiger partial charge in [0.05, 0.1) is 23.7 Å². The summed E-state index contributed by atoms with van der Waals surface area (Å²) >= 11 is 1.38. The zero-order chi connectivity index (χ0) is 24.6. The first-order valence-electron chi connectivity index (χ1n) is 11.2. The van der Waals surface area contributed by atoms with E-state index in [1.54, 1.807) is 43.8 Å². The van der Waals surface area contributed by atoms with Gasteiger partial charge in [0.15, 0.2) is 0 Å². The maximum absolute atomic E-state index is 11.7. The fraction of sp³-hybridized carbons (Fsp3) is 0.231. The van der Waals surface area contributed by atoms with E-state index in [9.17, 15) is 15.0 Å². The molecule has 1 atom stereocenters. The number of carbonyl (C=O) groups excluding carboxylic acids is 1. The predicted molar refractivity (Wildman–Crippen MR) is 131 cm³/mol. The molecule has 1 aliphatic carbocycles. The number of aryl methyl sites for hydroxylation is 2. The average Bonchev–Trinajstić information content (AvgIpc) is 3.35. The Morgan fingerprint density at radius 3 is 2.83 bits per heavy atom. The summed E-state index contributed by atoms with van der Waals surface area (Å²) in [5.74, 6) is 0.711. The normalized spacial score (nSPS) is 17.0. The van der Waals surface area contributed by atoms with Crippen LogP contribution in [-0.4, -0.2) is 33.1 Å². The lowest BCUT2D eigenvalue weighted by molar-refractivity contribution is -0.255. The number of carbonyl (C=O) groups is 1. The zero-order valence-electron chi connectivity index (χ0n) is 19.2. The number of nitrogens with one attached hydrogen (secondary N) is 1. The van der Waals surface area contributed by atoms with Crippen LogP contribution in [0.3, 0.4) is 0 Å². The molecule has 1 aromatic carbocycles. The maximum Gasteiger partial charge on any atom is 0.141 e.